The van der Waals surface area contributed by atoms with Crippen LogP contribution < -0.4 is 8.92 Å². The molecule has 0 saturated heterocycles. The molecule has 0 heterocycles. The first-order valence-electron chi connectivity index (χ1n) is 5.89. The van der Waals surface area contributed by atoms with Crippen LogP contribution in [-0.4, -0.2) is 15.0 Å². The molecule has 0 aliphatic heterocycles. The Morgan fingerprint density at radius 2 is 1.35 bits per heavy atom. The van der Waals surface area contributed by atoms with Crippen LogP contribution >= 0.6 is 0 Å². The maximum absolute atomic E-state index is 2.29. The van der Waals surface area contributed by atoms with Crippen molar-refractivity contribution in [1.29, 1.82) is 0 Å². The van der Waals surface area contributed by atoms with Gasteiger partial charge in [-0.2, -0.15) is 0 Å². The van der Waals surface area contributed by atoms with Gasteiger partial charge in [0.25, 0.3) is 0 Å². The van der Waals surface area contributed by atoms with Crippen molar-refractivity contribution in [2.24, 2.45) is 0 Å². The minimum absolute atomic E-state index is 0.424. The number of hydrogen-bond acceptors (Lipinski definition) is 0. The summed E-state index contributed by atoms with van der Waals surface area (Å²) in [5, 5.41) is 0. The van der Waals surface area contributed by atoms with Gasteiger partial charge in [-0.15, -0.1) is 0 Å². The average molecular weight is 289 g/mol. The second-order valence-electron chi connectivity index (χ2n) is 4.60. The molecule has 0 atom stereocenters. The third-order valence-electron chi connectivity index (χ3n) is 2.91. The number of rotatable bonds is 2. The molecule has 0 bridgehead atoms. The van der Waals surface area contributed by atoms with E-state index in [4.69, 9.17) is 0 Å². The summed E-state index contributed by atoms with van der Waals surface area (Å²) in [7, 11) is 0. The Balaban J connectivity index is 2.40. The van der Waals surface area contributed by atoms with Gasteiger partial charge in [0.1, 0.15) is 0 Å². The van der Waals surface area contributed by atoms with Crippen LogP contribution in [0.5, 0.6) is 0 Å². The van der Waals surface area contributed by atoms with Crippen LogP contribution in [0.2, 0.25) is 0 Å². The molecule has 0 aromatic heterocycles. The molecular formula is C16H18Se. The van der Waals surface area contributed by atoms with Crippen molar-refractivity contribution < 1.29 is 0 Å². The summed E-state index contributed by atoms with van der Waals surface area (Å²) < 4.78 is 3.03. The van der Waals surface area contributed by atoms with E-state index in [1.165, 1.54) is 31.2 Å². The van der Waals surface area contributed by atoms with Crippen molar-refractivity contribution in [3.05, 3.63) is 58.7 Å². The van der Waals surface area contributed by atoms with E-state index < -0.39 is 0 Å². The Morgan fingerprint density at radius 3 is 1.94 bits per heavy atom. The second-order valence-corrected chi connectivity index (χ2v) is 6.80. The second kappa shape index (κ2) is 5.08. The molecule has 2 aromatic rings. The van der Waals surface area contributed by atoms with Gasteiger partial charge in [0.15, 0.2) is 0 Å². The van der Waals surface area contributed by atoms with Gasteiger partial charge >= 0.3 is 110 Å². The average Bonchev–Trinajstić information content (AvgIpc) is 2.25. The molecule has 2 rings (SSSR count). The molecule has 0 aliphatic carbocycles. The van der Waals surface area contributed by atoms with E-state index in [0.29, 0.717) is 15.0 Å². The van der Waals surface area contributed by atoms with Gasteiger partial charge in [-0.05, 0) is 0 Å². The van der Waals surface area contributed by atoms with Crippen molar-refractivity contribution in [2.75, 3.05) is 0 Å². The van der Waals surface area contributed by atoms with Crippen LogP contribution in [-0.2, 0) is 0 Å². The number of hydrogen-bond donors (Lipinski definition) is 0. The van der Waals surface area contributed by atoms with E-state index in [-0.39, 0.29) is 0 Å². The topological polar surface area (TPSA) is 0 Å². The zero-order valence-electron chi connectivity index (χ0n) is 10.9. The van der Waals surface area contributed by atoms with E-state index in [2.05, 4.69) is 64.1 Å². The third kappa shape index (κ3) is 2.80. The summed E-state index contributed by atoms with van der Waals surface area (Å²) in [5.41, 5.74) is 5.65. The molecule has 0 radical (unpaired) electrons. The Labute approximate surface area is 110 Å². The van der Waals surface area contributed by atoms with Gasteiger partial charge < -0.3 is 0 Å². The Hall–Kier alpha value is -1.04. The van der Waals surface area contributed by atoms with Crippen molar-refractivity contribution in [2.45, 2.75) is 27.7 Å². The first kappa shape index (κ1) is 12.4. The monoisotopic (exact) mass is 290 g/mol. The fourth-order valence-corrected chi connectivity index (χ4v) is 4.28. The Bertz CT molecular complexity index is 518. The summed E-state index contributed by atoms with van der Waals surface area (Å²) in [6, 6.07) is 13.3. The van der Waals surface area contributed by atoms with Gasteiger partial charge in [0.05, 0.1) is 0 Å². The predicted molar refractivity (Wildman–Crippen MR) is 76.9 cm³/mol. The molecule has 1 heteroatoms. The van der Waals surface area contributed by atoms with E-state index >= 15 is 0 Å². The van der Waals surface area contributed by atoms with Crippen LogP contribution in [0.15, 0.2) is 36.4 Å². The Morgan fingerprint density at radius 1 is 0.765 bits per heavy atom. The first-order chi connectivity index (χ1) is 8.08. The van der Waals surface area contributed by atoms with E-state index in [1.54, 1.807) is 0 Å². The zero-order chi connectivity index (χ0) is 12.4. The van der Waals surface area contributed by atoms with Crippen LogP contribution in [0.25, 0.3) is 0 Å². The SMILES string of the molecule is Cc1cc(C)c([Se]c2ccccc2C)c(C)c1. The van der Waals surface area contributed by atoms with E-state index in [9.17, 15) is 0 Å². The van der Waals surface area contributed by atoms with Gasteiger partial charge in [0, 0.05) is 0 Å². The van der Waals surface area contributed by atoms with Crippen molar-refractivity contribution >= 4 is 23.9 Å². The third-order valence-corrected chi connectivity index (χ3v) is 6.11. The van der Waals surface area contributed by atoms with E-state index in [0.717, 1.165) is 0 Å². The van der Waals surface area contributed by atoms with Crippen molar-refractivity contribution in [3.63, 3.8) is 0 Å². The molecule has 88 valence electrons. The summed E-state index contributed by atoms with van der Waals surface area (Å²) in [6.45, 7) is 8.84. The standard InChI is InChI=1S/C16H18Se/c1-11-9-13(3)16(14(4)10-11)17-15-8-6-5-7-12(15)2/h5-10H,1-4H3. The molecule has 0 nitrogen and oxygen atoms in total. The summed E-state index contributed by atoms with van der Waals surface area (Å²) in [6.07, 6.45) is 0. The quantitative estimate of drug-likeness (QED) is 0.746. The van der Waals surface area contributed by atoms with Crippen LogP contribution in [0.3, 0.4) is 0 Å². The maximum atomic E-state index is 2.29. The number of aryl methyl sites for hydroxylation is 4. The fraction of sp³-hybridized carbons (Fsp3) is 0.250. The first-order valence-corrected chi connectivity index (χ1v) is 7.60. The van der Waals surface area contributed by atoms with Gasteiger partial charge in [0.2, 0.25) is 0 Å². The molecule has 0 aliphatic rings. The van der Waals surface area contributed by atoms with Crippen molar-refractivity contribution in [1.82, 2.24) is 0 Å². The van der Waals surface area contributed by atoms with Gasteiger partial charge in [-0.3, -0.25) is 0 Å². The summed E-state index contributed by atoms with van der Waals surface area (Å²) in [5.74, 6) is 0. The normalized spacial score (nSPS) is 10.6. The van der Waals surface area contributed by atoms with E-state index in [1.807, 2.05) is 0 Å². The van der Waals surface area contributed by atoms with Gasteiger partial charge in [-0.25, -0.2) is 0 Å². The molecule has 0 unspecified atom stereocenters. The van der Waals surface area contributed by atoms with Crippen molar-refractivity contribution in [3.8, 4) is 0 Å². The summed E-state index contributed by atoms with van der Waals surface area (Å²) >= 11 is 0.424. The fourth-order valence-electron chi connectivity index (χ4n) is 2.11. The van der Waals surface area contributed by atoms with Gasteiger partial charge in [-0.1, -0.05) is 0 Å². The van der Waals surface area contributed by atoms with Crippen LogP contribution in [0.4, 0.5) is 0 Å². The molecule has 0 N–H and O–H groups in total. The molecule has 0 amide bonds. The molecule has 2 aromatic carbocycles. The Kier molecular flexibility index (Phi) is 3.71. The molecular weight excluding hydrogens is 271 g/mol. The molecule has 17 heavy (non-hydrogen) atoms. The minimum atomic E-state index is 0.424. The zero-order valence-corrected chi connectivity index (χ0v) is 12.6. The predicted octanol–water partition coefficient (Wildman–Crippen LogP) is 2.58. The molecule has 0 saturated carbocycles. The number of benzene rings is 2. The summed E-state index contributed by atoms with van der Waals surface area (Å²) in [4.78, 5) is 0. The van der Waals surface area contributed by atoms with Crippen LogP contribution in [0, 0.1) is 27.7 Å². The van der Waals surface area contributed by atoms with Crippen LogP contribution in [0.1, 0.15) is 22.3 Å². The molecule has 0 fully saturated rings. The molecule has 0 spiro atoms.